The van der Waals surface area contributed by atoms with Gasteiger partial charge in [0.15, 0.2) is 5.78 Å². The zero-order valence-electron chi connectivity index (χ0n) is 8.84. The van der Waals surface area contributed by atoms with Crippen molar-refractivity contribution < 1.29 is 9.53 Å². The minimum atomic E-state index is 0.0162. The van der Waals surface area contributed by atoms with Crippen molar-refractivity contribution in [3.05, 3.63) is 28.8 Å². The van der Waals surface area contributed by atoms with Crippen LogP contribution >= 0.6 is 11.6 Å². The number of ketones is 1. The lowest BCUT2D eigenvalue weighted by Crippen LogP contribution is -2.18. The van der Waals surface area contributed by atoms with Gasteiger partial charge in [0, 0.05) is 5.56 Å². The molecule has 0 saturated carbocycles. The molecule has 1 N–H and O–H groups in total. The van der Waals surface area contributed by atoms with Crippen LogP contribution in [0.15, 0.2) is 18.2 Å². The molecule has 0 bridgehead atoms. The number of nitrogens with one attached hydrogen (secondary N) is 1. The maximum atomic E-state index is 11.5. The van der Waals surface area contributed by atoms with Crippen LogP contribution in [0.3, 0.4) is 0 Å². The first-order valence-corrected chi connectivity index (χ1v) is 5.17. The van der Waals surface area contributed by atoms with Crippen LogP contribution in [-0.2, 0) is 0 Å². The summed E-state index contributed by atoms with van der Waals surface area (Å²) in [6, 6.07) is 5.07. The normalized spacial score (nSPS) is 10.1. The number of Topliss-reactive ketones (excluding diaryl/α,β-unsaturated/α-hetero) is 1. The fourth-order valence-electron chi connectivity index (χ4n) is 1.21. The highest BCUT2D eigenvalue weighted by atomic mass is 35.5. The van der Waals surface area contributed by atoms with Crippen molar-refractivity contribution in [1.82, 2.24) is 5.32 Å². The van der Waals surface area contributed by atoms with E-state index in [2.05, 4.69) is 5.32 Å². The molecule has 0 saturated heterocycles. The molecule has 0 fully saturated rings. The Kier molecular flexibility index (Phi) is 4.59. The molecule has 0 aliphatic carbocycles. The highest BCUT2D eigenvalue weighted by Gasteiger charge is 2.08. The summed E-state index contributed by atoms with van der Waals surface area (Å²) >= 11 is 5.95. The number of hydrogen-bond donors (Lipinski definition) is 1. The fourth-order valence-corrected chi connectivity index (χ4v) is 1.44. The first-order valence-electron chi connectivity index (χ1n) is 4.79. The van der Waals surface area contributed by atoms with Crippen molar-refractivity contribution in [3.8, 4) is 5.75 Å². The molecule has 15 heavy (non-hydrogen) atoms. The molecule has 1 aromatic carbocycles. The summed E-state index contributed by atoms with van der Waals surface area (Å²) < 4.78 is 5.27. The molecule has 0 spiro atoms. The van der Waals surface area contributed by atoms with E-state index < -0.39 is 0 Å². The van der Waals surface area contributed by atoms with E-state index in [0.717, 1.165) is 0 Å². The lowest BCUT2D eigenvalue weighted by molar-refractivity contribution is 0.0993. The van der Waals surface area contributed by atoms with Gasteiger partial charge in [0.05, 0.1) is 18.2 Å². The smallest absolute Gasteiger partial charge is 0.176 e. The highest BCUT2D eigenvalue weighted by molar-refractivity contribution is 6.32. The molecule has 0 unspecified atom stereocenters. The van der Waals surface area contributed by atoms with Crippen LogP contribution < -0.4 is 10.1 Å². The van der Waals surface area contributed by atoms with E-state index in [1.807, 2.05) is 6.92 Å². The number of hydrogen-bond acceptors (Lipinski definition) is 3. The average molecular weight is 228 g/mol. The molecule has 82 valence electrons. The van der Waals surface area contributed by atoms with E-state index in [0.29, 0.717) is 29.5 Å². The van der Waals surface area contributed by atoms with Gasteiger partial charge in [0.25, 0.3) is 0 Å². The Morgan fingerprint density at radius 3 is 2.80 bits per heavy atom. The van der Waals surface area contributed by atoms with Crippen LogP contribution in [-0.4, -0.2) is 26.0 Å². The second-order valence-electron chi connectivity index (χ2n) is 3.03. The van der Waals surface area contributed by atoms with Gasteiger partial charge in [-0.15, -0.1) is 0 Å². The molecular weight excluding hydrogens is 214 g/mol. The number of ether oxygens (including phenoxy) is 1. The lowest BCUT2D eigenvalue weighted by atomic mass is 10.1. The summed E-state index contributed by atoms with van der Waals surface area (Å²) in [5, 5.41) is 3.27. The molecule has 4 heteroatoms. The SMILES string of the molecule is CCOc1ccc(C(=O)CNC)cc1Cl. The van der Waals surface area contributed by atoms with Gasteiger partial charge in [-0.1, -0.05) is 11.6 Å². The Morgan fingerprint density at radius 1 is 1.53 bits per heavy atom. The number of likely N-dealkylation sites (N-methyl/N-ethyl adjacent to an activating group) is 1. The molecule has 0 aromatic heterocycles. The fraction of sp³-hybridized carbons (Fsp3) is 0.364. The van der Waals surface area contributed by atoms with Gasteiger partial charge in [-0.3, -0.25) is 4.79 Å². The van der Waals surface area contributed by atoms with E-state index in [1.165, 1.54) is 0 Å². The van der Waals surface area contributed by atoms with E-state index in [-0.39, 0.29) is 5.78 Å². The topological polar surface area (TPSA) is 38.3 Å². The van der Waals surface area contributed by atoms with Gasteiger partial charge < -0.3 is 10.1 Å². The third-order valence-electron chi connectivity index (χ3n) is 1.89. The van der Waals surface area contributed by atoms with Crippen LogP contribution in [0, 0.1) is 0 Å². The summed E-state index contributed by atoms with van der Waals surface area (Å²) in [5.74, 6) is 0.627. The van der Waals surface area contributed by atoms with Crippen molar-refractivity contribution in [1.29, 1.82) is 0 Å². The van der Waals surface area contributed by atoms with Crippen molar-refractivity contribution in [2.24, 2.45) is 0 Å². The van der Waals surface area contributed by atoms with Crippen molar-refractivity contribution in [2.45, 2.75) is 6.92 Å². The van der Waals surface area contributed by atoms with Gasteiger partial charge in [0.2, 0.25) is 0 Å². The van der Waals surface area contributed by atoms with Gasteiger partial charge in [-0.25, -0.2) is 0 Å². The quantitative estimate of drug-likeness (QED) is 0.784. The highest BCUT2D eigenvalue weighted by Crippen LogP contribution is 2.25. The summed E-state index contributed by atoms with van der Waals surface area (Å²) in [7, 11) is 1.73. The summed E-state index contributed by atoms with van der Waals surface area (Å²) in [5.41, 5.74) is 0.595. The van der Waals surface area contributed by atoms with Gasteiger partial charge in [0.1, 0.15) is 5.75 Å². The van der Waals surface area contributed by atoms with Crippen LogP contribution in [0.5, 0.6) is 5.75 Å². The van der Waals surface area contributed by atoms with Crippen LogP contribution in [0.25, 0.3) is 0 Å². The average Bonchev–Trinajstić information content (AvgIpc) is 2.21. The van der Waals surface area contributed by atoms with E-state index in [1.54, 1.807) is 25.2 Å². The van der Waals surface area contributed by atoms with Gasteiger partial charge in [-0.2, -0.15) is 0 Å². The summed E-state index contributed by atoms with van der Waals surface area (Å²) in [4.78, 5) is 11.5. The zero-order valence-corrected chi connectivity index (χ0v) is 9.60. The molecule has 1 aromatic rings. The third-order valence-corrected chi connectivity index (χ3v) is 2.19. The van der Waals surface area contributed by atoms with E-state index in [9.17, 15) is 4.79 Å². The minimum Gasteiger partial charge on any atom is -0.492 e. The molecule has 0 heterocycles. The largest absolute Gasteiger partial charge is 0.492 e. The second kappa shape index (κ2) is 5.73. The Labute approximate surface area is 94.4 Å². The summed E-state index contributed by atoms with van der Waals surface area (Å²) in [6.45, 7) is 2.75. The van der Waals surface area contributed by atoms with E-state index in [4.69, 9.17) is 16.3 Å². The Balaban J connectivity index is 2.86. The second-order valence-corrected chi connectivity index (χ2v) is 3.44. The predicted molar refractivity (Wildman–Crippen MR) is 60.9 cm³/mol. The van der Waals surface area contributed by atoms with Crippen LogP contribution in [0.4, 0.5) is 0 Å². The summed E-state index contributed by atoms with van der Waals surface area (Å²) in [6.07, 6.45) is 0. The Hall–Kier alpha value is -1.06. The van der Waals surface area contributed by atoms with Crippen molar-refractivity contribution in [3.63, 3.8) is 0 Å². The van der Waals surface area contributed by atoms with Gasteiger partial charge >= 0.3 is 0 Å². The number of halogens is 1. The minimum absolute atomic E-state index is 0.0162. The molecule has 0 aliphatic heterocycles. The monoisotopic (exact) mass is 227 g/mol. The molecule has 0 aliphatic rings. The maximum absolute atomic E-state index is 11.5. The van der Waals surface area contributed by atoms with Crippen molar-refractivity contribution >= 4 is 17.4 Å². The predicted octanol–water partition coefficient (Wildman–Crippen LogP) is 2.14. The van der Waals surface area contributed by atoms with Crippen LogP contribution in [0.2, 0.25) is 5.02 Å². The molecule has 0 radical (unpaired) electrons. The molecule has 0 amide bonds. The number of rotatable bonds is 5. The zero-order chi connectivity index (χ0) is 11.3. The number of benzene rings is 1. The molecule has 1 rings (SSSR count). The number of carbonyl (C=O) groups is 1. The van der Waals surface area contributed by atoms with Crippen LogP contribution in [0.1, 0.15) is 17.3 Å². The molecule has 0 atom stereocenters. The first-order chi connectivity index (χ1) is 7.19. The molecule has 3 nitrogen and oxygen atoms in total. The standard InChI is InChI=1S/C11H14ClNO2/c1-3-15-11-5-4-8(6-9(11)12)10(14)7-13-2/h4-6,13H,3,7H2,1-2H3. The lowest BCUT2D eigenvalue weighted by Gasteiger charge is -2.07. The van der Waals surface area contributed by atoms with Gasteiger partial charge in [-0.05, 0) is 32.2 Å². The Morgan fingerprint density at radius 2 is 2.27 bits per heavy atom. The van der Waals surface area contributed by atoms with Crippen molar-refractivity contribution in [2.75, 3.05) is 20.2 Å². The molecular formula is C11H14ClNO2. The van der Waals surface area contributed by atoms with E-state index >= 15 is 0 Å². The maximum Gasteiger partial charge on any atom is 0.176 e. The third kappa shape index (κ3) is 3.22. The number of carbonyl (C=O) groups excluding carboxylic acids is 1. The Bertz CT molecular complexity index is 352. The first kappa shape index (κ1) is 12.0.